The summed E-state index contributed by atoms with van der Waals surface area (Å²) in [6.07, 6.45) is 1.21. The molecular formula is C12H9ClFN. The summed E-state index contributed by atoms with van der Waals surface area (Å²) in [7, 11) is 0. The fourth-order valence-corrected chi connectivity index (χ4v) is 1.54. The summed E-state index contributed by atoms with van der Waals surface area (Å²) < 4.78 is 13.5. The van der Waals surface area contributed by atoms with E-state index in [-0.39, 0.29) is 5.82 Å². The van der Waals surface area contributed by atoms with Gasteiger partial charge in [0.1, 0.15) is 5.82 Å². The van der Waals surface area contributed by atoms with Gasteiger partial charge in [0.05, 0.1) is 17.8 Å². The number of alkyl halides is 1. The second-order valence-corrected chi connectivity index (χ2v) is 3.42. The molecule has 0 saturated heterocycles. The highest BCUT2D eigenvalue weighted by molar-refractivity contribution is 6.16. The fraction of sp³-hybridized carbons (Fsp3) is 0.0833. The van der Waals surface area contributed by atoms with Gasteiger partial charge in [-0.15, -0.1) is 11.6 Å². The van der Waals surface area contributed by atoms with Gasteiger partial charge in [0.15, 0.2) is 0 Å². The third-order valence-electron chi connectivity index (χ3n) is 2.13. The van der Waals surface area contributed by atoms with Crippen molar-refractivity contribution in [1.82, 2.24) is 4.98 Å². The van der Waals surface area contributed by atoms with Gasteiger partial charge in [0.25, 0.3) is 0 Å². The van der Waals surface area contributed by atoms with Crippen LogP contribution in [0.5, 0.6) is 0 Å². The van der Waals surface area contributed by atoms with Crippen molar-refractivity contribution in [2.45, 2.75) is 5.88 Å². The van der Waals surface area contributed by atoms with Crippen LogP contribution in [0.25, 0.3) is 11.1 Å². The molecule has 3 heteroatoms. The van der Waals surface area contributed by atoms with Gasteiger partial charge in [-0.1, -0.05) is 30.3 Å². The van der Waals surface area contributed by atoms with Crippen molar-refractivity contribution in [2.75, 3.05) is 0 Å². The molecule has 1 nitrogen and oxygen atoms in total. The van der Waals surface area contributed by atoms with E-state index in [9.17, 15) is 4.39 Å². The molecule has 0 radical (unpaired) electrons. The first kappa shape index (κ1) is 10.1. The zero-order valence-corrected chi connectivity index (χ0v) is 8.71. The molecule has 0 bridgehead atoms. The third-order valence-corrected chi connectivity index (χ3v) is 2.41. The highest BCUT2D eigenvalue weighted by Gasteiger charge is 2.06. The van der Waals surface area contributed by atoms with Crippen LogP contribution in [0.2, 0.25) is 0 Å². The highest BCUT2D eigenvalue weighted by Crippen LogP contribution is 2.22. The van der Waals surface area contributed by atoms with Crippen LogP contribution < -0.4 is 0 Å². The van der Waals surface area contributed by atoms with Crippen LogP contribution in [-0.2, 0) is 5.88 Å². The molecule has 15 heavy (non-hydrogen) atoms. The second kappa shape index (κ2) is 4.41. The van der Waals surface area contributed by atoms with Crippen LogP contribution in [0.4, 0.5) is 4.39 Å². The lowest BCUT2D eigenvalue weighted by atomic mass is 10.1. The fourth-order valence-electron chi connectivity index (χ4n) is 1.39. The molecule has 0 aliphatic heterocycles. The van der Waals surface area contributed by atoms with E-state index in [4.69, 9.17) is 11.6 Å². The van der Waals surface area contributed by atoms with Crippen LogP contribution in [0, 0.1) is 5.82 Å². The number of nitrogens with zero attached hydrogens (tertiary/aromatic N) is 1. The zero-order valence-electron chi connectivity index (χ0n) is 7.95. The topological polar surface area (TPSA) is 12.9 Å². The van der Waals surface area contributed by atoms with Crippen molar-refractivity contribution in [2.24, 2.45) is 0 Å². The van der Waals surface area contributed by atoms with Gasteiger partial charge in [-0.2, -0.15) is 0 Å². The normalized spacial score (nSPS) is 10.3. The summed E-state index contributed by atoms with van der Waals surface area (Å²) in [6.45, 7) is 0. The largest absolute Gasteiger partial charge is 0.257 e. The summed E-state index contributed by atoms with van der Waals surface area (Å²) in [4.78, 5) is 3.88. The van der Waals surface area contributed by atoms with Crippen molar-refractivity contribution >= 4 is 11.6 Å². The van der Waals surface area contributed by atoms with Crippen molar-refractivity contribution < 1.29 is 4.39 Å². The first-order chi connectivity index (χ1) is 7.31. The summed E-state index contributed by atoms with van der Waals surface area (Å²) in [5, 5.41) is 0. The van der Waals surface area contributed by atoms with Crippen LogP contribution in [0.15, 0.2) is 42.6 Å². The minimum absolute atomic E-state index is 0.292. The zero-order chi connectivity index (χ0) is 10.7. The molecule has 2 aromatic rings. The van der Waals surface area contributed by atoms with Crippen LogP contribution in [0.1, 0.15) is 5.69 Å². The molecule has 0 aliphatic rings. The molecule has 0 amide bonds. The molecule has 1 aromatic carbocycles. The summed E-state index contributed by atoms with van der Waals surface area (Å²) in [5.41, 5.74) is 2.06. The Morgan fingerprint density at radius 3 is 2.60 bits per heavy atom. The minimum atomic E-state index is -0.324. The summed E-state index contributed by atoms with van der Waals surface area (Å²) in [6, 6.07) is 11.0. The van der Waals surface area contributed by atoms with Gasteiger partial charge in [0, 0.05) is 5.56 Å². The highest BCUT2D eigenvalue weighted by atomic mass is 35.5. The number of halogens is 2. The predicted octanol–water partition coefficient (Wildman–Crippen LogP) is 3.63. The van der Waals surface area contributed by atoms with Gasteiger partial charge in [-0.25, -0.2) is 4.39 Å². The van der Waals surface area contributed by atoms with Crippen LogP contribution in [-0.4, -0.2) is 4.98 Å². The quantitative estimate of drug-likeness (QED) is 0.706. The molecule has 0 N–H and O–H groups in total. The molecule has 0 unspecified atom stereocenters. The van der Waals surface area contributed by atoms with E-state index in [1.165, 1.54) is 6.20 Å². The smallest absolute Gasteiger partial charge is 0.149 e. The van der Waals surface area contributed by atoms with Crippen molar-refractivity contribution in [3.05, 3.63) is 54.1 Å². The van der Waals surface area contributed by atoms with Gasteiger partial charge in [-0.3, -0.25) is 4.98 Å². The Labute approximate surface area is 92.5 Å². The Hall–Kier alpha value is -1.41. The monoisotopic (exact) mass is 221 g/mol. The van der Waals surface area contributed by atoms with E-state index in [1.807, 2.05) is 30.3 Å². The van der Waals surface area contributed by atoms with Crippen LogP contribution in [0.3, 0.4) is 0 Å². The van der Waals surface area contributed by atoms with E-state index in [0.29, 0.717) is 17.1 Å². The lowest BCUT2D eigenvalue weighted by molar-refractivity contribution is 0.623. The SMILES string of the molecule is Fc1cnc(CCl)cc1-c1ccccc1. The van der Waals surface area contributed by atoms with E-state index >= 15 is 0 Å². The molecule has 1 aromatic heterocycles. The molecule has 0 aliphatic carbocycles. The standard InChI is InChI=1S/C12H9ClFN/c13-7-10-6-11(12(14)8-15-10)9-4-2-1-3-5-9/h1-6,8H,7H2. The number of aromatic nitrogens is 1. The van der Waals surface area contributed by atoms with Crippen molar-refractivity contribution in [3.8, 4) is 11.1 Å². The Balaban J connectivity index is 2.52. The van der Waals surface area contributed by atoms with E-state index in [1.54, 1.807) is 6.07 Å². The summed E-state index contributed by atoms with van der Waals surface area (Å²) in [5.74, 6) is -0.0322. The maximum absolute atomic E-state index is 13.5. The molecule has 0 saturated carbocycles. The van der Waals surface area contributed by atoms with Crippen molar-refractivity contribution in [1.29, 1.82) is 0 Å². The Bertz CT molecular complexity index is 456. The maximum Gasteiger partial charge on any atom is 0.149 e. The van der Waals surface area contributed by atoms with Gasteiger partial charge >= 0.3 is 0 Å². The van der Waals surface area contributed by atoms with E-state index in [2.05, 4.69) is 4.98 Å². The molecule has 0 fully saturated rings. The van der Waals surface area contributed by atoms with Gasteiger partial charge in [0.2, 0.25) is 0 Å². The third kappa shape index (κ3) is 2.16. The van der Waals surface area contributed by atoms with Crippen molar-refractivity contribution in [3.63, 3.8) is 0 Å². The number of rotatable bonds is 2. The van der Waals surface area contributed by atoms with Crippen LogP contribution >= 0.6 is 11.6 Å². The lowest BCUT2D eigenvalue weighted by Gasteiger charge is -2.04. The first-order valence-corrected chi connectivity index (χ1v) is 5.10. The molecular weight excluding hydrogens is 213 g/mol. The average Bonchev–Trinajstić information content (AvgIpc) is 2.31. The Morgan fingerprint density at radius 1 is 1.20 bits per heavy atom. The Morgan fingerprint density at radius 2 is 1.93 bits per heavy atom. The average molecular weight is 222 g/mol. The minimum Gasteiger partial charge on any atom is -0.257 e. The Kier molecular flexibility index (Phi) is 2.97. The molecule has 1 heterocycles. The maximum atomic E-state index is 13.5. The number of hydrogen-bond donors (Lipinski definition) is 0. The van der Waals surface area contributed by atoms with Gasteiger partial charge < -0.3 is 0 Å². The van der Waals surface area contributed by atoms with E-state index < -0.39 is 0 Å². The molecule has 2 rings (SSSR count). The number of benzene rings is 1. The lowest BCUT2D eigenvalue weighted by Crippen LogP contribution is -1.91. The second-order valence-electron chi connectivity index (χ2n) is 3.16. The summed E-state index contributed by atoms with van der Waals surface area (Å²) >= 11 is 5.65. The first-order valence-electron chi connectivity index (χ1n) is 4.57. The molecule has 76 valence electrons. The number of pyridine rings is 1. The number of hydrogen-bond acceptors (Lipinski definition) is 1. The molecule has 0 atom stereocenters. The van der Waals surface area contributed by atoms with Gasteiger partial charge in [-0.05, 0) is 11.6 Å². The van der Waals surface area contributed by atoms with E-state index in [0.717, 1.165) is 5.56 Å². The predicted molar refractivity (Wildman–Crippen MR) is 59.2 cm³/mol. The molecule has 0 spiro atoms.